The summed E-state index contributed by atoms with van der Waals surface area (Å²) in [6.07, 6.45) is 2.49. The Balaban J connectivity index is 2.20. The number of hydrogen-bond donors (Lipinski definition) is 1. The van der Waals surface area contributed by atoms with Gasteiger partial charge in [0.05, 0.1) is 6.26 Å². The first-order valence-corrected chi connectivity index (χ1v) is 7.11. The molecule has 19 heavy (non-hydrogen) atoms. The van der Waals surface area contributed by atoms with Gasteiger partial charge in [-0.3, -0.25) is 0 Å². The van der Waals surface area contributed by atoms with E-state index in [-0.39, 0.29) is 11.9 Å². The van der Waals surface area contributed by atoms with Crippen molar-refractivity contribution in [3.8, 4) is 0 Å². The van der Waals surface area contributed by atoms with Crippen LogP contribution < -0.4 is 5.32 Å². The average Bonchev–Trinajstić information content (AvgIpc) is 2.74. The predicted molar refractivity (Wildman–Crippen MR) is 77.7 cm³/mol. The van der Waals surface area contributed by atoms with Gasteiger partial charge < -0.3 is 9.73 Å². The van der Waals surface area contributed by atoms with Crippen LogP contribution in [0.2, 0.25) is 0 Å². The van der Waals surface area contributed by atoms with E-state index in [0.29, 0.717) is 0 Å². The zero-order chi connectivity index (χ0) is 13.8. The van der Waals surface area contributed by atoms with Crippen molar-refractivity contribution in [2.45, 2.75) is 26.3 Å². The molecule has 0 amide bonds. The molecule has 2 rings (SSSR count). The second-order valence-electron chi connectivity index (χ2n) is 4.58. The van der Waals surface area contributed by atoms with Crippen LogP contribution in [0.1, 0.15) is 29.9 Å². The Morgan fingerprint density at radius 3 is 2.68 bits per heavy atom. The smallest absolute Gasteiger partial charge is 0.124 e. The van der Waals surface area contributed by atoms with Gasteiger partial charge in [-0.15, -0.1) is 0 Å². The van der Waals surface area contributed by atoms with Crippen LogP contribution in [-0.4, -0.2) is 6.54 Å². The van der Waals surface area contributed by atoms with Crippen LogP contribution in [0.15, 0.2) is 39.4 Å². The molecule has 0 fully saturated rings. The third-order valence-corrected chi connectivity index (χ3v) is 3.42. The number of likely N-dealkylation sites (N-methyl/N-ethyl adjacent to an activating group) is 1. The lowest BCUT2D eigenvalue weighted by Crippen LogP contribution is -2.22. The summed E-state index contributed by atoms with van der Waals surface area (Å²) in [5.74, 6) is 0.668. The van der Waals surface area contributed by atoms with Gasteiger partial charge in [0.1, 0.15) is 11.6 Å². The molecule has 0 aliphatic heterocycles. The van der Waals surface area contributed by atoms with Gasteiger partial charge in [-0.1, -0.05) is 22.9 Å². The number of rotatable bonds is 5. The largest absolute Gasteiger partial charge is 0.469 e. The third kappa shape index (κ3) is 3.91. The molecule has 1 unspecified atom stereocenters. The fourth-order valence-corrected chi connectivity index (χ4v) is 2.68. The highest BCUT2D eigenvalue weighted by Crippen LogP contribution is 2.23. The molecule has 0 saturated carbocycles. The summed E-state index contributed by atoms with van der Waals surface area (Å²) in [4.78, 5) is 0. The topological polar surface area (TPSA) is 25.2 Å². The van der Waals surface area contributed by atoms with E-state index in [1.165, 1.54) is 6.07 Å². The van der Waals surface area contributed by atoms with Gasteiger partial charge >= 0.3 is 0 Å². The van der Waals surface area contributed by atoms with Crippen molar-refractivity contribution >= 4 is 15.9 Å². The van der Waals surface area contributed by atoms with Gasteiger partial charge in [-0.05, 0) is 49.7 Å². The highest BCUT2D eigenvalue weighted by molar-refractivity contribution is 9.10. The summed E-state index contributed by atoms with van der Waals surface area (Å²) in [5.41, 5.74) is 2.05. The number of aryl methyl sites for hydroxylation is 1. The van der Waals surface area contributed by atoms with Crippen LogP contribution >= 0.6 is 15.9 Å². The summed E-state index contributed by atoms with van der Waals surface area (Å²) < 4.78 is 19.5. The maximum Gasteiger partial charge on any atom is 0.124 e. The molecule has 2 nitrogen and oxygen atoms in total. The Morgan fingerprint density at radius 1 is 1.32 bits per heavy atom. The highest BCUT2D eigenvalue weighted by Gasteiger charge is 2.14. The average molecular weight is 326 g/mol. The summed E-state index contributed by atoms with van der Waals surface area (Å²) in [5, 5.41) is 3.40. The molecular weight excluding hydrogens is 309 g/mol. The molecular formula is C15H17BrFNO. The van der Waals surface area contributed by atoms with Gasteiger partial charge in [-0.2, -0.15) is 0 Å². The molecule has 0 radical (unpaired) electrons. The minimum atomic E-state index is -0.219. The standard InChI is InChI=1S/C15H17BrFNO/c1-3-18-15(12-4-10(2)19-9-12)7-11-5-13(16)8-14(17)6-11/h4-6,8-9,15,18H,3,7H2,1-2H3. The molecule has 102 valence electrons. The number of halogens is 2. The Labute approximate surface area is 121 Å². The van der Waals surface area contributed by atoms with E-state index in [0.717, 1.165) is 34.3 Å². The normalized spacial score (nSPS) is 12.6. The van der Waals surface area contributed by atoms with Crippen LogP contribution in [0.4, 0.5) is 4.39 Å². The van der Waals surface area contributed by atoms with E-state index in [9.17, 15) is 4.39 Å². The quantitative estimate of drug-likeness (QED) is 0.882. The minimum Gasteiger partial charge on any atom is -0.469 e. The Morgan fingerprint density at radius 2 is 2.11 bits per heavy atom. The molecule has 1 atom stereocenters. The van der Waals surface area contributed by atoms with Crippen molar-refractivity contribution in [2.75, 3.05) is 6.54 Å². The number of furan rings is 1. The second-order valence-corrected chi connectivity index (χ2v) is 5.50. The fourth-order valence-electron chi connectivity index (χ4n) is 2.17. The number of benzene rings is 1. The first-order chi connectivity index (χ1) is 9.08. The maximum absolute atomic E-state index is 13.4. The molecule has 4 heteroatoms. The van der Waals surface area contributed by atoms with E-state index in [1.807, 2.05) is 19.1 Å². The summed E-state index contributed by atoms with van der Waals surface area (Å²) in [6.45, 7) is 4.83. The van der Waals surface area contributed by atoms with Crippen molar-refractivity contribution in [3.63, 3.8) is 0 Å². The second kappa shape index (κ2) is 6.35. The number of nitrogens with one attached hydrogen (secondary N) is 1. The Bertz CT molecular complexity index is 533. The van der Waals surface area contributed by atoms with Crippen LogP contribution in [-0.2, 0) is 6.42 Å². The lowest BCUT2D eigenvalue weighted by atomic mass is 10.0. The lowest BCUT2D eigenvalue weighted by Gasteiger charge is -2.16. The molecule has 1 N–H and O–H groups in total. The van der Waals surface area contributed by atoms with Gasteiger partial charge in [0.2, 0.25) is 0 Å². The van der Waals surface area contributed by atoms with E-state index in [1.54, 1.807) is 12.3 Å². The molecule has 1 heterocycles. The minimum absolute atomic E-state index is 0.135. The van der Waals surface area contributed by atoms with E-state index >= 15 is 0 Å². The fraction of sp³-hybridized carbons (Fsp3) is 0.333. The van der Waals surface area contributed by atoms with Crippen LogP contribution in [0, 0.1) is 12.7 Å². The van der Waals surface area contributed by atoms with Crippen molar-refractivity contribution in [1.29, 1.82) is 0 Å². The molecule has 1 aromatic carbocycles. The summed E-state index contributed by atoms with van der Waals surface area (Å²) in [7, 11) is 0. The summed E-state index contributed by atoms with van der Waals surface area (Å²) in [6, 6.07) is 7.13. The predicted octanol–water partition coefficient (Wildman–Crippen LogP) is 4.38. The van der Waals surface area contributed by atoms with Crippen molar-refractivity contribution in [3.05, 3.63) is 57.7 Å². The number of hydrogen-bond acceptors (Lipinski definition) is 2. The van der Waals surface area contributed by atoms with Gasteiger partial charge in [-0.25, -0.2) is 4.39 Å². The first kappa shape index (κ1) is 14.3. The van der Waals surface area contributed by atoms with Crippen LogP contribution in [0.5, 0.6) is 0 Å². The molecule has 1 aromatic heterocycles. The van der Waals surface area contributed by atoms with E-state index in [2.05, 4.69) is 28.2 Å². The van der Waals surface area contributed by atoms with E-state index < -0.39 is 0 Å². The molecule has 0 saturated heterocycles. The molecule has 0 bridgehead atoms. The van der Waals surface area contributed by atoms with Gasteiger partial charge in [0, 0.05) is 16.1 Å². The van der Waals surface area contributed by atoms with Crippen LogP contribution in [0.3, 0.4) is 0 Å². The maximum atomic E-state index is 13.4. The van der Waals surface area contributed by atoms with Crippen molar-refractivity contribution in [2.24, 2.45) is 0 Å². The lowest BCUT2D eigenvalue weighted by molar-refractivity contribution is 0.510. The Hall–Kier alpha value is -1.13. The van der Waals surface area contributed by atoms with Gasteiger partial charge in [0.15, 0.2) is 0 Å². The Kier molecular flexibility index (Phi) is 4.77. The molecule has 0 aliphatic rings. The SMILES string of the molecule is CCNC(Cc1cc(F)cc(Br)c1)c1coc(C)c1. The summed E-state index contributed by atoms with van der Waals surface area (Å²) >= 11 is 3.32. The van der Waals surface area contributed by atoms with Crippen molar-refractivity contribution < 1.29 is 8.81 Å². The zero-order valence-corrected chi connectivity index (χ0v) is 12.6. The highest BCUT2D eigenvalue weighted by atomic mass is 79.9. The molecule has 2 aromatic rings. The van der Waals surface area contributed by atoms with Crippen LogP contribution in [0.25, 0.3) is 0 Å². The van der Waals surface area contributed by atoms with E-state index in [4.69, 9.17) is 4.42 Å². The third-order valence-electron chi connectivity index (χ3n) is 2.97. The zero-order valence-electron chi connectivity index (χ0n) is 11.0. The van der Waals surface area contributed by atoms with Crippen molar-refractivity contribution in [1.82, 2.24) is 5.32 Å². The monoisotopic (exact) mass is 325 g/mol. The van der Waals surface area contributed by atoms with Gasteiger partial charge in [0.25, 0.3) is 0 Å². The first-order valence-electron chi connectivity index (χ1n) is 6.32. The molecule has 0 spiro atoms. The molecule has 0 aliphatic carbocycles.